The molecule has 0 aliphatic rings. The van der Waals surface area contributed by atoms with Gasteiger partial charge in [-0.15, -0.1) is 0 Å². The van der Waals surface area contributed by atoms with Gasteiger partial charge in [-0.2, -0.15) is 0 Å². The molecule has 0 aromatic heterocycles. The molecule has 76 valence electrons. The Morgan fingerprint density at radius 1 is 1.14 bits per heavy atom. The van der Waals surface area contributed by atoms with Crippen LogP contribution in [-0.4, -0.2) is 26.2 Å². The molecule has 0 unspecified atom stereocenters. The predicted octanol–water partition coefficient (Wildman–Crippen LogP) is 0.812. The second-order valence-corrected chi connectivity index (χ2v) is 3.18. The molecule has 0 aliphatic heterocycles. The first-order chi connectivity index (χ1) is 6.38. The van der Waals surface area contributed by atoms with Crippen molar-refractivity contribution in [1.29, 1.82) is 0 Å². The third kappa shape index (κ3) is 3.08. The normalized spacial score (nSPS) is 12.2. The van der Waals surface area contributed by atoms with E-state index < -0.39 is 5.79 Å². The first-order valence-corrected chi connectivity index (χ1v) is 4.04. The number of aliphatic hydroxyl groups is 2. The van der Waals surface area contributed by atoms with Crippen LogP contribution in [0.2, 0.25) is 0 Å². The fraction of sp³-hybridized carbons (Fsp3) is 0.200. The monoisotopic (exact) mass is 196 g/mol. The van der Waals surface area contributed by atoms with Gasteiger partial charge < -0.3 is 20.4 Å². The van der Waals surface area contributed by atoms with Gasteiger partial charge in [0.1, 0.15) is 0 Å². The molecular formula is C10H12O4. The Balaban J connectivity index is 2.89. The molecule has 1 aromatic rings. The van der Waals surface area contributed by atoms with E-state index in [0.717, 1.165) is 0 Å². The second kappa shape index (κ2) is 3.69. The average Bonchev–Trinajstić information content (AvgIpc) is 2.06. The molecule has 0 aliphatic carbocycles. The van der Waals surface area contributed by atoms with Gasteiger partial charge in [0.2, 0.25) is 0 Å². The van der Waals surface area contributed by atoms with Crippen molar-refractivity contribution in [2.45, 2.75) is 12.7 Å². The zero-order chi connectivity index (χ0) is 10.8. The summed E-state index contributed by atoms with van der Waals surface area (Å²) < 4.78 is 0. The van der Waals surface area contributed by atoms with E-state index in [1.54, 1.807) is 0 Å². The molecule has 14 heavy (non-hydrogen) atoms. The maximum Gasteiger partial charge on any atom is 0.179 e. The van der Waals surface area contributed by atoms with Gasteiger partial charge >= 0.3 is 0 Å². The topological polar surface area (TPSA) is 80.9 Å². The lowest BCUT2D eigenvalue weighted by Gasteiger charge is -2.08. The van der Waals surface area contributed by atoms with E-state index in [0.29, 0.717) is 5.56 Å². The summed E-state index contributed by atoms with van der Waals surface area (Å²) >= 11 is 0. The van der Waals surface area contributed by atoms with E-state index in [-0.39, 0.29) is 11.5 Å². The zero-order valence-electron chi connectivity index (χ0n) is 7.68. The van der Waals surface area contributed by atoms with Crippen molar-refractivity contribution in [3.63, 3.8) is 0 Å². The first-order valence-electron chi connectivity index (χ1n) is 4.04. The summed E-state index contributed by atoms with van der Waals surface area (Å²) in [5.74, 6) is -2.34. The molecule has 0 heterocycles. The molecule has 1 rings (SSSR count). The molecule has 4 nitrogen and oxygen atoms in total. The minimum Gasteiger partial charge on any atom is -0.504 e. The molecular weight excluding hydrogens is 184 g/mol. The number of hydrogen-bond donors (Lipinski definition) is 4. The van der Waals surface area contributed by atoms with E-state index in [4.69, 9.17) is 20.4 Å². The highest BCUT2D eigenvalue weighted by Gasteiger charge is 2.08. The Morgan fingerprint density at radius 2 is 1.79 bits per heavy atom. The molecule has 0 radical (unpaired) electrons. The van der Waals surface area contributed by atoms with Crippen LogP contribution in [0.15, 0.2) is 24.3 Å². The highest BCUT2D eigenvalue weighted by Crippen LogP contribution is 2.25. The van der Waals surface area contributed by atoms with E-state index in [1.165, 1.54) is 37.3 Å². The standard InChI is InChI=1S/C10H12O4/c1-10(13,14)5-4-7-2-3-8(11)9(12)6-7/h2-6,11-14H,1H3/b5-4+. The van der Waals surface area contributed by atoms with Crippen molar-refractivity contribution >= 4 is 6.08 Å². The van der Waals surface area contributed by atoms with Crippen molar-refractivity contribution in [2.24, 2.45) is 0 Å². The van der Waals surface area contributed by atoms with Crippen LogP contribution in [-0.2, 0) is 0 Å². The van der Waals surface area contributed by atoms with Crippen LogP contribution >= 0.6 is 0 Å². The fourth-order valence-corrected chi connectivity index (χ4v) is 0.898. The Kier molecular flexibility index (Phi) is 2.78. The van der Waals surface area contributed by atoms with Gasteiger partial charge in [0.05, 0.1) is 0 Å². The molecule has 1 aromatic carbocycles. The quantitative estimate of drug-likeness (QED) is 0.417. The van der Waals surface area contributed by atoms with Gasteiger partial charge in [0.25, 0.3) is 0 Å². The van der Waals surface area contributed by atoms with Crippen molar-refractivity contribution in [3.8, 4) is 11.5 Å². The fourth-order valence-electron chi connectivity index (χ4n) is 0.898. The number of hydrogen-bond acceptors (Lipinski definition) is 4. The largest absolute Gasteiger partial charge is 0.504 e. The van der Waals surface area contributed by atoms with Crippen molar-refractivity contribution in [2.75, 3.05) is 0 Å². The maximum atomic E-state index is 9.12. The van der Waals surface area contributed by atoms with Crippen LogP contribution < -0.4 is 0 Å². The lowest BCUT2D eigenvalue weighted by atomic mass is 10.1. The SMILES string of the molecule is CC(O)(O)/C=C/c1ccc(O)c(O)c1. The summed E-state index contributed by atoms with van der Waals surface area (Å²) in [6.45, 7) is 1.21. The van der Waals surface area contributed by atoms with E-state index in [2.05, 4.69) is 0 Å². The Labute approximate surface area is 81.4 Å². The molecule has 0 atom stereocenters. The van der Waals surface area contributed by atoms with Crippen LogP contribution in [0.25, 0.3) is 6.08 Å². The maximum absolute atomic E-state index is 9.12. The van der Waals surface area contributed by atoms with Crippen molar-refractivity contribution in [3.05, 3.63) is 29.8 Å². The molecule has 4 N–H and O–H groups in total. The molecule has 0 fully saturated rings. The summed E-state index contributed by atoms with van der Waals surface area (Å²) in [7, 11) is 0. The van der Waals surface area contributed by atoms with Crippen LogP contribution in [0.4, 0.5) is 0 Å². The van der Waals surface area contributed by atoms with Crippen LogP contribution in [0.1, 0.15) is 12.5 Å². The van der Waals surface area contributed by atoms with Gasteiger partial charge in [-0.05, 0) is 30.7 Å². The smallest absolute Gasteiger partial charge is 0.179 e. The van der Waals surface area contributed by atoms with Gasteiger partial charge in [-0.25, -0.2) is 0 Å². The number of phenols is 2. The summed E-state index contributed by atoms with van der Waals surface area (Å²) in [6, 6.07) is 4.18. The van der Waals surface area contributed by atoms with Gasteiger partial charge in [0.15, 0.2) is 17.3 Å². The number of rotatable bonds is 2. The molecule has 0 spiro atoms. The lowest BCUT2D eigenvalue weighted by Crippen LogP contribution is -2.18. The van der Waals surface area contributed by atoms with E-state index in [9.17, 15) is 0 Å². The third-order valence-electron chi connectivity index (χ3n) is 1.59. The zero-order valence-corrected chi connectivity index (χ0v) is 7.68. The highest BCUT2D eigenvalue weighted by molar-refractivity contribution is 5.55. The minimum atomic E-state index is -1.88. The van der Waals surface area contributed by atoms with Gasteiger partial charge in [0, 0.05) is 0 Å². The first kappa shape index (κ1) is 10.6. The third-order valence-corrected chi connectivity index (χ3v) is 1.59. The molecule has 0 bridgehead atoms. The molecule has 0 amide bonds. The van der Waals surface area contributed by atoms with E-state index in [1.807, 2.05) is 0 Å². The second-order valence-electron chi connectivity index (χ2n) is 3.18. The van der Waals surface area contributed by atoms with Crippen molar-refractivity contribution < 1.29 is 20.4 Å². The lowest BCUT2D eigenvalue weighted by molar-refractivity contribution is -0.0998. The molecule has 0 saturated carbocycles. The Hall–Kier alpha value is -1.52. The summed E-state index contributed by atoms with van der Waals surface area (Å²) in [5, 5.41) is 36.0. The number of phenolic OH excluding ortho intramolecular Hbond substituents is 2. The van der Waals surface area contributed by atoms with E-state index >= 15 is 0 Å². The number of aromatic hydroxyl groups is 2. The van der Waals surface area contributed by atoms with Gasteiger partial charge in [-0.3, -0.25) is 0 Å². The predicted molar refractivity (Wildman–Crippen MR) is 51.6 cm³/mol. The van der Waals surface area contributed by atoms with Crippen LogP contribution in [0, 0.1) is 0 Å². The Bertz CT molecular complexity index is 350. The van der Waals surface area contributed by atoms with Crippen LogP contribution in [0.3, 0.4) is 0 Å². The minimum absolute atomic E-state index is 0.210. The highest BCUT2D eigenvalue weighted by atomic mass is 16.5. The average molecular weight is 196 g/mol. The summed E-state index contributed by atoms with van der Waals surface area (Å²) in [5.41, 5.74) is 0.564. The molecule has 0 saturated heterocycles. The summed E-state index contributed by atoms with van der Waals surface area (Å²) in [4.78, 5) is 0. The number of benzene rings is 1. The van der Waals surface area contributed by atoms with Gasteiger partial charge in [-0.1, -0.05) is 12.1 Å². The van der Waals surface area contributed by atoms with Crippen LogP contribution in [0.5, 0.6) is 11.5 Å². The molecule has 4 heteroatoms. The Morgan fingerprint density at radius 3 is 2.29 bits per heavy atom. The summed E-state index contributed by atoms with van der Waals surface area (Å²) in [6.07, 6.45) is 2.60. The van der Waals surface area contributed by atoms with Crippen molar-refractivity contribution in [1.82, 2.24) is 0 Å².